The maximum Gasteiger partial charge on any atom is 0.306 e. The fraction of sp³-hybridized carbons (Fsp3) is 0.767. The highest BCUT2D eigenvalue weighted by atomic mass is 16.6. The zero-order valence-electron chi connectivity index (χ0n) is 52.4. The van der Waals surface area contributed by atoms with Gasteiger partial charge >= 0.3 is 17.9 Å². The molecule has 0 aliphatic rings. The highest BCUT2D eigenvalue weighted by Crippen LogP contribution is 2.17. The number of esters is 3. The lowest BCUT2D eigenvalue weighted by Crippen LogP contribution is -2.30. The molecule has 0 fully saturated rings. The number of ether oxygens (including phenoxy) is 3. The maximum absolute atomic E-state index is 12.9. The van der Waals surface area contributed by atoms with Gasteiger partial charge in [-0.05, 0) is 96.3 Å². The Labute approximate surface area is 490 Å². The van der Waals surface area contributed by atoms with Crippen molar-refractivity contribution in [2.24, 2.45) is 0 Å². The molecule has 0 saturated heterocycles. The Balaban J connectivity index is 4.14. The third-order valence-corrected chi connectivity index (χ3v) is 14.9. The van der Waals surface area contributed by atoms with E-state index in [-0.39, 0.29) is 31.1 Å². The van der Waals surface area contributed by atoms with Gasteiger partial charge in [0.25, 0.3) is 0 Å². The molecule has 0 aliphatic heterocycles. The first-order valence-electron chi connectivity index (χ1n) is 34.1. The average Bonchev–Trinajstić information content (AvgIpc) is 3.45. The number of hydrogen-bond acceptors (Lipinski definition) is 6. The molecule has 6 nitrogen and oxygen atoms in total. The van der Waals surface area contributed by atoms with E-state index in [0.717, 1.165) is 96.3 Å². The van der Waals surface area contributed by atoms with Gasteiger partial charge in [0.2, 0.25) is 0 Å². The summed E-state index contributed by atoms with van der Waals surface area (Å²) in [5, 5.41) is 0. The molecule has 456 valence electrons. The second kappa shape index (κ2) is 67.1. The van der Waals surface area contributed by atoms with Crippen LogP contribution in [0.5, 0.6) is 0 Å². The van der Waals surface area contributed by atoms with Crippen LogP contribution >= 0.6 is 0 Å². The Kier molecular flexibility index (Phi) is 64.2. The maximum atomic E-state index is 12.9. The molecular formula is C73H128O6. The van der Waals surface area contributed by atoms with E-state index in [1.807, 2.05) is 0 Å². The van der Waals surface area contributed by atoms with Crippen molar-refractivity contribution in [3.05, 3.63) is 85.1 Å². The van der Waals surface area contributed by atoms with Crippen LogP contribution < -0.4 is 0 Å². The summed E-state index contributed by atoms with van der Waals surface area (Å²) in [5.74, 6) is -0.863. The second-order valence-corrected chi connectivity index (χ2v) is 22.7. The van der Waals surface area contributed by atoms with Crippen LogP contribution in [0.15, 0.2) is 85.1 Å². The van der Waals surface area contributed by atoms with E-state index >= 15 is 0 Å². The van der Waals surface area contributed by atoms with Gasteiger partial charge < -0.3 is 14.2 Å². The molecule has 0 rings (SSSR count). The molecule has 1 atom stereocenters. The Bertz CT molecular complexity index is 1500. The van der Waals surface area contributed by atoms with Crippen LogP contribution in [-0.4, -0.2) is 37.2 Å². The molecule has 0 aromatic heterocycles. The lowest BCUT2D eigenvalue weighted by atomic mass is 10.0. The van der Waals surface area contributed by atoms with Gasteiger partial charge in [-0.3, -0.25) is 14.4 Å². The van der Waals surface area contributed by atoms with Crippen LogP contribution in [0, 0.1) is 0 Å². The van der Waals surface area contributed by atoms with Gasteiger partial charge in [0.15, 0.2) is 6.10 Å². The van der Waals surface area contributed by atoms with Crippen molar-refractivity contribution in [2.75, 3.05) is 13.2 Å². The number of rotatable bonds is 62. The first-order chi connectivity index (χ1) is 39.0. The lowest BCUT2D eigenvalue weighted by Gasteiger charge is -2.18. The Morgan fingerprint density at radius 3 is 0.785 bits per heavy atom. The number of carbonyl (C=O) groups excluding carboxylic acids is 3. The molecule has 0 saturated carbocycles. The van der Waals surface area contributed by atoms with Gasteiger partial charge in [-0.25, -0.2) is 0 Å². The monoisotopic (exact) mass is 1100 g/mol. The summed E-state index contributed by atoms with van der Waals surface area (Å²) in [5.41, 5.74) is 0. The van der Waals surface area contributed by atoms with E-state index in [4.69, 9.17) is 14.2 Å². The average molecular weight is 1100 g/mol. The molecule has 79 heavy (non-hydrogen) atoms. The smallest absolute Gasteiger partial charge is 0.306 e. The molecule has 6 heteroatoms. The third kappa shape index (κ3) is 65.3. The molecule has 0 aromatic rings. The number of carbonyl (C=O) groups is 3. The van der Waals surface area contributed by atoms with Crippen molar-refractivity contribution in [1.29, 1.82) is 0 Å². The minimum atomic E-state index is -0.776. The van der Waals surface area contributed by atoms with E-state index in [1.54, 1.807) is 0 Å². The summed E-state index contributed by atoms with van der Waals surface area (Å²) in [6.45, 7) is 6.55. The largest absolute Gasteiger partial charge is 0.462 e. The van der Waals surface area contributed by atoms with Gasteiger partial charge in [0.1, 0.15) is 13.2 Å². The zero-order chi connectivity index (χ0) is 57.1. The number of unbranched alkanes of at least 4 members (excludes halogenated alkanes) is 37. The van der Waals surface area contributed by atoms with Crippen molar-refractivity contribution in [2.45, 2.75) is 348 Å². The van der Waals surface area contributed by atoms with Gasteiger partial charge in [0.05, 0.1) is 0 Å². The molecule has 0 spiro atoms. The Morgan fingerprint density at radius 1 is 0.266 bits per heavy atom. The molecule has 0 aliphatic carbocycles. The van der Waals surface area contributed by atoms with Gasteiger partial charge in [-0.15, -0.1) is 0 Å². The van der Waals surface area contributed by atoms with E-state index in [0.29, 0.717) is 19.3 Å². The van der Waals surface area contributed by atoms with E-state index < -0.39 is 6.10 Å². The predicted molar refractivity (Wildman–Crippen MR) is 344 cm³/mol. The van der Waals surface area contributed by atoms with Gasteiger partial charge in [0, 0.05) is 19.3 Å². The first-order valence-corrected chi connectivity index (χ1v) is 34.1. The summed E-state index contributed by atoms with van der Waals surface area (Å²) in [4.78, 5) is 38.3. The van der Waals surface area contributed by atoms with Crippen molar-refractivity contribution in [1.82, 2.24) is 0 Å². The van der Waals surface area contributed by atoms with E-state index in [9.17, 15) is 14.4 Å². The van der Waals surface area contributed by atoms with E-state index in [2.05, 4.69) is 106 Å². The molecule has 0 radical (unpaired) electrons. The summed E-state index contributed by atoms with van der Waals surface area (Å²) >= 11 is 0. The van der Waals surface area contributed by atoms with Gasteiger partial charge in [-0.1, -0.05) is 311 Å². The topological polar surface area (TPSA) is 78.9 Å². The van der Waals surface area contributed by atoms with Crippen LogP contribution in [0.1, 0.15) is 342 Å². The normalized spacial score (nSPS) is 12.6. The Hall–Kier alpha value is -3.41. The number of hydrogen-bond donors (Lipinski definition) is 0. The van der Waals surface area contributed by atoms with Crippen molar-refractivity contribution in [3.8, 4) is 0 Å². The van der Waals surface area contributed by atoms with Crippen LogP contribution in [0.25, 0.3) is 0 Å². The fourth-order valence-corrected chi connectivity index (χ4v) is 9.80. The van der Waals surface area contributed by atoms with Crippen molar-refractivity contribution in [3.63, 3.8) is 0 Å². The Morgan fingerprint density at radius 2 is 0.494 bits per heavy atom. The highest BCUT2D eigenvalue weighted by molar-refractivity contribution is 5.71. The van der Waals surface area contributed by atoms with Crippen LogP contribution in [0.3, 0.4) is 0 Å². The van der Waals surface area contributed by atoms with Crippen LogP contribution in [-0.2, 0) is 28.6 Å². The molecule has 0 N–H and O–H groups in total. The van der Waals surface area contributed by atoms with Crippen LogP contribution in [0.2, 0.25) is 0 Å². The first kappa shape index (κ1) is 75.6. The summed E-state index contributed by atoms with van der Waals surface area (Å²) in [6, 6.07) is 0. The number of allylic oxidation sites excluding steroid dienone is 14. The highest BCUT2D eigenvalue weighted by Gasteiger charge is 2.19. The third-order valence-electron chi connectivity index (χ3n) is 14.9. The van der Waals surface area contributed by atoms with Gasteiger partial charge in [-0.2, -0.15) is 0 Å². The van der Waals surface area contributed by atoms with Crippen molar-refractivity contribution >= 4 is 17.9 Å². The summed E-state index contributed by atoms with van der Waals surface area (Å²) < 4.78 is 16.9. The molecule has 0 bridgehead atoms. The second-order valence-electron chi connectivity index (χ2n) is 22.7. The lowest BCUT2D eigenvalue weighted by molar-refractivity contribution is -0.167. The molecule has 1 unspecified atom stereocenters. The molecule has 0 amide bonds. The van der Waals surface area contributed by atoms with Crippen LogP contribution in [0.4, 0.5) is 0 Å². The quantitative estimate of drug-likeness (QED) is 0.0261. The van der Waals surface area contributed by atoms with E-state index in [1.165, 1.54) is 205 Å². The minimum absolute atomic E-state index is 0.0732. The molecular weight excluding hydrogens is 973 g/mol. The minimum Gasteiger partial charge on any atom is -0.462 e. The SMILES string of the molecule is CC/C=C\C/C=C\C/C=C\C/C=C\C/C=C\C/C=C\CCCCCCCCCCCCCCCCC(=O)OCC(COC(=O)CCCCCCCCCCCC)OC(=O)CCCCCCCCC/C=C\CCCCCCCCC. The summed E-state index contributed by atoms with van der Waals surface area (Å²) in [6.07, 6.45) is 89.0. The summed E-state index contributed by atoms with van der Waals surface area (Å²) in [7, 11) is 0. The fourth-order valence-electron chi connectivity index (χ4n) is 9.80. The zero-order valence-corrected chi connectivity index (χ0v) is 52.4. The van der Waals surface area contributed by atoms with Crippen molar-refractivity contribution < 1.29 is 28.6 Å². The predicted octanol–water partition coefficient (Wildman–Crippen LogP) is 23.4. The molecule has 0 aromatic carbocycles. The standard InChI is InChI=1S/C73H128O6/c1-4-7-10-13-16-19-22-24-26-28-30-31-32-33-34-35-36-37-38-39-40-41-42-43-44-46-47-49-51-54-57-60-63-66-72(75)78-69-70(68-77-71(74)65-62-59-56-53-21-18-15-12-9-6-3)79-73(76)67-64-61-58-55-52-50-48-45-29-27-25-23-20-17-14-11-8-5-2/h7,10,16,19,24,26-27,29-31,33-34,36-37,70H,4-6,8-9,11-15,17-18,20-23,25,28,32,35,38-69H2,1-3H3/b10-7-,19-16-,26-24-,29-27-,31-30-,34-33-,37-36-. The molecule has 0 heterocycles.